The molecule has 4 rings (SSSR count). The van der Waals surface area contributed by atoms with Crippen molar-refractivity contribution >= 4 is 34.2 Å². The second kappa shape index (κ2) is 8.18. The molecule has 2 saturated heterocycles. The van der Waals surface area contributed by atoms with E-state index in [4.69, 9.17) is 21.3 Å². The molecule has 0 aliphatic carbocycles. The summed E-state index contributed by atoms with van der Waals surface area (Å²) < 4.78 is 11.3. The molecule has 1 atom stereocenters. The van der Waals surface area contributed by atoms with Gasteiger partial charge in [0, 0.05) is 31.9 Å². The molecule has 0 radical (unpaired) electrons. The molecule has 2 aliphatic rings. The predicted molar refractivity (Wildman–Crippen MR) is 108 cm³/mol. The van der Waals surface area contributed by atoms with Crippen molar-refractivity contribution in [2.45, 2.75) is 32.9 Å². The van der Waals surface area contributed by atoms with Crippen LogP contribution in [-0.4, -0.2) is 73.3 Å². The van der Waals surface area contributed by atoms with Gasteiger partial charge in [0.05, 0.1) is 12.2 Å². The fourth-order valence-corrected chi connectivity index (χ4v) is 4.61. The van der Waals surface area contributed by atoms with E-state index in [2.05, 4.69) is 25.5 Å². The van der Waals surface area contributed by atoms with Gasteiger partial charge in [-0.15, -0.1) is 0 Å². The average Bonchev–Trinajstić information content (AvgIpc) is 3.33. The number of aryl methyl sites for hydroxylation is 2. The lowest BCUT2D eigenvalue weighted by atomic mass is 10.2. The summed E-state index contributed by atoms with van der Waals surface area (Å²) in [7, 11) is 0. The maximum absolute atomic E-state index is 12.7. The predicted octanol–water partition coefficient (Wildman–Crippen LogP) is 1.37. The first kappa shape index (κ1) is 19.3. The van der Waals surface area contributed by atoms with E-state index < -0.39 is 0 Å². The Morgan fingerprint density at radius 2 is 2.11 bits per heavy atom. The molecule has 1 unspecified atom stereocenters. The van der Waals surface area contributed by atoms with Crippen molar-refractivity contribution in [1.82, 2.24) is 30.4 Å². The summed E-state index contributed by atoms with van der Waals surface area (Å²) in [6, 6.07) is -0.195. The summed E-state index contributed by atoms with van der Waals surface area (Å²) in [5.74, 6) is 2.56. The van der Waals surface area contributed by atoms with Gasteiger partial charge in [0.2, 0.25) is 5.91 Å². The molecule has 2 aromatic rings. The zero-order chi connectivity index (χ0) is 19.7. The highest BCUT2D eigenvalue weighted by atomic mass is 32.2. The number of amides is 1. The Bertz CT molecular complexity index is 863. The van der Waals surface area contributed by atoms with Crippen LogP contribution >= 0.6 is 24.0 Å². The molecule has 2 fully saturated rings. The third-order valence-corrected chi connectivity index (χ3v) is 6.30. The second-order valence-electron chi connectivity index (χ2n) is 6.97. The highest BCUT2D eigenvalue weighted by molar-refractivity contribution is 8.23. The first-order valence-corrected chi connectivity index (χ1v) is 10.6. The van der Waals surface area contributed by atoms with E-state index >= 15 is 0 Å². The third-order valence-electron chi connectivity index (χ3n) is 4.95. The fraction of sp³-hybridized carbons (Fsp3) is 0.588. The van der Waals surface area contributed by atoms with Crippen LogP contribution in [0.4, 0.5) is 0 Å². The molecule has 11 heteroatoms. The van der Waals surface area contributed by atoms with Crippen LogP contribution in [0.1, 0.15) is 23.7 Å². The van der Waals surface area contributed by atoms with Crippen LogP contribution in [0.3, 0.4) is 0 Å². The van der Waals surface area contributed by atoms with Gasteiger partial charge in [-0.2, -0.15) is 4.98 Å². The number of carbonyl (C=O) groups excluding carboxylic acids is 1. The minimum absolute atomic E-state index is 0.134. The summed E-state index contributed by atoms with van der Waals surface area (Å²) in [4.78, 5) is 21.4. The number of hydrogen-bond acceptors (Lipinski definition) is 9. The Morgan fingerprint density at radius 3 is 2.82 bits per heavy atom. The summed E-state index contributed by atoms with van der Waals surface area (Å²) in [5.41, 5.74) is 1.49. The van der Waals surface area contributed by atoms with Gasteiger partial charge in [0.25, 0.3) is 5.89 Å². The van der Waals surface area contributed by atoms with Gasteiger partial charge >= 0.3 is 0 Å². The van der Waals surface area contributed by atoms with Crippen LogP contribution in [-0.2, 0) is 11.3 Å². The van der Waals surface area contributed by atoms with Gasteiger partial charge in [-0.25, -0.2) is 0 Å². The Kier molecular flexibility index (Phi) is 5.65. The number of hydrogen-bond donors (Lipinski definition) is 1. The second-order valence-corrected chi connectivity index (χ2v) is 8.66. The zero-order valence-corrected chi connectivity index (χ0v) is 17.4. The van der Waals surface area contributed by atoms with Gasteiger partial charge in [-0.3, -0.25) is 9.69 Å². The summed E-state index contributed by atoms with van der Waals surface area (Å²) >= 11 is 6.66. The molecule has 1 N–H and O–H groups in total. The van der Waals surface area contributed by atoms with Crippen LogP contribution in [0.5, 0.6) is 0 Å². The number of nitrogens with one attached hydrogen (secondary N) is 1. The Balaban J connectivity index is 1.35. The topological polar surface area (TPSA) is 101 Å². The first-order valence-electron chi connectivity index (χ1n) is 9.21. The molecular formula is C17H22N6O3S2. The number of aromatic nitrogens is 3. The van der Waals surface area contributed by atoms with Crippen LogP contribution in [0.15, 0.2) is 9.05 Å². The number of thiocarbonyl (C=S) groups is 1. The van der Waals surface area contributed by atoms with E-state index in [0.717, 1.165) is 37.3 Å². The number of nitrogens with zero attached hydrogens (tertiary/aromatic N) is 5. The van der Waals surface area contributed by atoms with Crippen LogP contribution in [0.2, 0.25) is 0 Å². The standard InChI is InChI=1S/C17H22N6O3S2/c1-10-14(11(2)25-20-10)15-19-13(21-26-15)8-22-4-3-5-23(7-6-22)16(24)12-9-28-17(27)18-12/h12H,3-9H2,1-2H3,(H,18,27). The maximum Gasteiger partial charge on any atom is 0.263 e. The van der Waals surface area contributed by atoms with E-state index in [0.29, 0.717) is 40.6 Å². The van der Waals surface area contributed by atoms with Crippen molar-refractivity contribution < 1.29 is 13.8 Å². The van der Waals surface area contributed by atoms with Crippen LogP contribution < -0.4 is 5.32 Å². The van der Waals surface area contributed by atoms with Gasteiger partial charge in [0.15, 0.2) is 5.82 Å². The summed E-state index contributed by atoms with van der Waals surface area (Å²) in [5, 5.41) is 11.1. The van der Waals surface area contributed by atoms with Crippen molar-refractivity contribution in [3.05, 3.63) is 17.3 Å². The number of thioether (sulfide) groups is 1. The molecule has 2 aromatic heterocycles. The smallest absolute Gasteiger partial charge is 0.263 e. The summed E-state index contributed by atoms with van der Waals surface area (Å²) in [6.45, 7) is 7.33. The maximum atomic E-state index is 12.7. The third kappa shape index (κ3) is 4.06. The molecule has 2 aliphatic heterocycles. The Hall–Kier alpha value is -1.98. The quantitative estimate of drug-likeness (QED) is 0.727. The monoisotopic (exact) mass is 422 g/mol. The normalized spacial score (nSPS) is 21.0. The van der Waals surface area contributed by atoms with Crippen LogP contribution in [0.25, 0.3) is 11.5 Å². The van der Waals surface area contributed by atoms with E-state index in [9.17, 15) is 4.79 Å². The molecule has 9 nitrogen and oxygen atoms in total. The zero-order valence-electron chi connectivity index (χ0n) is 15.8. The molecule has 0 bridgehead atoms. The van der Waals surface area contributed by atoms with Gasteiger partial charge < -0.3 is 19.3 Å². The Morgan fingerprint density at radius 1 is 1.25 bits per heavy atom. The molecule has 4 heterocycles. The van der Waals surface area contributed by atoms with Crippen molar-refractivity contribution in [3.63, 3.8) is 0 Å². The van der Waals surface area contributed by atoms with E-state index in [1.54, 1.807) is 0 Å². The van der Waals surface area contributed by atoms with E-state index in [-0.39, 0.29) is 11.9 Å². The first-order chi connectivity index (χ1) is 13.5. The highest BCUT2D eigenvalue weighted by Crippen LogP contribution is 2.25. The van der Waals surface area contributed by atoms with Crippen molar-refractivity contribution in [2.24, 2.45) is 0 Å². The van der Waals surface area contributed by atoms with Crippen molar-refractivity contribution in [2.75, 3.05) is 31.9 Å². The largest absolute Gasteiger partial charge is 0.361 e. The van der Waals surface area contributed by atoms with Crippen LogP contribution in [0, 0.1) is 13.8 Å². The van der Waals surface area contributed by atoms with Gasteiger partial charge in [-0.05, 0) is 20.3 Å². The van der Waals surface area contributed by atoms with Gasteiger partial charge in [0.1, 0.15) is 21.7 Å². The lowest BCUT2D eigenvalue weighted by Crippen LogP contribution is -2.46. The molecule has 150 valence electrons. The molecule has 0 aromatic carbocycles. The van der Waals surface area contributed by atoms with Crippen molar-refractivity contribution in [3.8, 4) is 11.5 Å². The number of rotatable bonds is 4. The lowest BCUT2D eigenvalue weighted by molar-refractivity contribution is -0.132. The molecule has 0 saturated carbocycles. The fourth-order valence-electron chi connectivity index (χ4n) is 3.50. The molecule has 1 amide bonds. The molecular weight excluding hydrogens is 400 g/mol. The average molecular weight is 423 g/mol. The molecule has 28 heavy (non-hydrogen) atoms. The summed E-state index contributed by atoms with van der Waals surface area (Å²) in [6.07, 6.45) is 0.907. The highest BCUT2D eigenvalue weighted by Gasteiger charge is 2.31. The SMILES string of the molecule is Cc1noc(C)c1-c1nc(CN2CCCN(C(=O)C3CSC(=S)N3)CC2)no1. The number of carbonyl (C=O) groups is 1. The minimum Gasteiger partial charge on any atom is -0.361 e. The van der Waals surface area contributed by atoms with E-state index in [1.165, 1.54) is 11.8 Å². The Labute approximate surface area is 172 Å². The minimum atomic E-state index is -0.195. The lowest BCUT2D eigenvalue weighted by Gasteiger charge is -2.24. The van der Waals surface area contributed by atoms with Gasteiger partial charge in [-0.1, -0.05) is 34.3 Å². The van der Waals surface area contributed by atoms with Crippen molar-refractivity contribution in [1.29, 1.82) is 0 Å². The molecule has 0 spiro atoms. The van der Waals surface area contributed by atoms with E-state index in [1.807, 2.05) is 18.7 Å².